The largest absolute Gasteiger partial charge is 0.390 e. The van der Waals surface area contributed by atoms with Crippen LogP contribution in [0.15, 0.2) is 0 Å². The van der Waals surface area contributed by atoms with Crippen LogP contribution in [0.5, 0.6) is 0 Å². The first-order chi connectivity index (χ1) is 19.3. The zero-order chi connectivity index (χ0) is 32.4. The molecule has 10 heteroatoms. The molecule has 1 heterocycles. The van der Waals surface area contributed by atoms with Gasteiger partial charge in [0.05, 0.1) is 12.1 Å². The summed E-state index contributed by atoms with van der Waals surface area (Å²) in [6, 6.07) is -0.655. The number of rotatable bonds is 16. The summed E-state index contributed by atoms with van der Waals surface area (Å²) in [7, 11) is 1.41. The van der Waals surface area contributed by atoms with Gasteiger partial charge in [0.15, 0.2) is 18.2 Å². The fraction of sp³-hybridized carbons (Fsp3) is 0.875. The van der Waals surface area contributed by atoms with E-state index in [4.69, 9.17) is 9.47 Å². The average Bonchev–Trinajstić information content (AvgIpc) is 2.87. The number of Topliss-reactive ketones (excluding diaryl/α,β-unsaturated/α-hetero) is 2. The van der Waals surface area contributed by atoms with E-state index in [9.17, 15) is 29.4 Å². The number of unbranched alkanes of at least 4 members (excludes halogenated alkanes) is 1. The molecule has 0 aromatic rings. The number of hydrogen-bond donors (Lipinski definition) is 4. The van der Waals surface area contributed by atoms with Crippen molar-refractivity contribution < 1.29 is 38.9 Å². The lowest BCUT2D eigenvalue weighted by Crippen LogP contribution is -2.59. The fourth-order valence-electron chi connectivity index (χ4n) is 5.27. The third kappa shape index (κ3) is 12.4. The van der Waals surface area contributed by atoms with Crippen LogP contribution in [-0.4, -0.2) is 77.9 Å². The van der Waals surface area contributed by atoms with Crippen LogP contribution in [0.25, 0.3) is 0 Å². The van der Waals surface area contributed by atoms with E-state index in [0.29, 0.717) is 25.7 Å². The van der Waals surface area contributed by atoms with Crippen LogP contribution < -0.4 is 10.6 Å². The number of ketones is 2. The van der Waals surface area contributed by atoms with Gasteiger partial charge in [-0.25, -0.2) is 0 Å². The average molecular weight is 599 g/mol. The van der Waals surface area contributed by atoms with Crippen molar-refractivity contribution in [1.82, 2.24) is 10.6 Å². The van der Waals surface area contributed by atoms with Crippen LogP contribution in [0.1, 0.15) is 107 Å². The van der Waals surface area contributed by atoms with Crippen molar-refractivity contribution in [3.05, 3.63) is 0 Å². The Labute approximate surface area is 253 Å². The highest BCUT2D eigenvalue weighted by atomic mass is 16.7. The third-order valence-corrected chi connectivity index (χ3v) is 7.90. The van der Waals surface area contributed by atoms with Gasteiger partial charge in [-0.15, -0.1) is 0 Å². The molecule has 4 N–H and O–H groups in total. The summed E-state index contributed by atoms with van der Waals surface area (Å²) in [5.74, 6) is -1.96. The van der Waals surface area contributed by atoms with E-state index >= 15 is 0 Å². The molecule has 0 bridgehead atoms. The summed E-state index contributed by atoms with van der Waals surface area (Å²) in [5.41, 5.74) is -0.497. The van der Waals surface area contributed by atoms with Crippen LogP contribution in [0.3, 0.4) is 0 Å². The minimum atomic E-state index is -1.38. The monoisotopic (exact) mass is 598 g/mol. The van der Waals surface area contributed by atoms with Crippen LogP contribution in [-0.2, 0) is 28.7 Å². The van der Waals surface area contributed by atoms with Gasteiger partial charge >= 0.3 is 0 Å². The molecule has 0 spiro atoms. The van der Waals surface area contributed by atoms with Crippen molar-refractivity contribution in [2.45, 2.75) is 138 Å². The standard InChI is InChI=1S/C32H58N2O8/c1-19(2)24(34-23(36)15-13-16-31(4,5)6)22(35)18-21(28(39)32(7,8)9)14-11-12-17-33-29(40)27-26(38)25(37)20(3)30(41-10)42-27/h19-21,24-27,30,37-38H,11-18H2,1-10H3,(H,33,40)(H,34,36)/t20-,21-,24+,25-,26+,27+,30-/m1/s1. The van der Waals surface area contributed by atoms with Gasteiger partial charge < -0.3 is 30.3 Å². The predicted octanol–water partition coefficient (Wildman–Crippen LogP) is 3.55. The number of ether oxygens (including phenoxy) is 2. The molecule has 244 valence electrons. The summed E-state index contributed by atoms with van der Waals surface area (Å²) in [6.45, 7) is 17.6. The Kier molecular flexibility index (Phi) is 15.3. The molecule has 0 aromatic carbocycles. The Hall–Kier alpha value is -1.88. The second kappa shape index (κ2) is 16.8. The van der Waals surface area contributed by atoms with Gasteiger partial charge in [-0.2, -0.15) is 0 Å². The van der Waals surface area contributed by atoms with Gasteiger partial charge in [0, 0.05) is 43.7 Å². The predicted molar refractivity (Wildman–Crippen MR) is 161 cm³/mol. The molecule has 1 rings (SSSR count). The number of methoxy groups -OCH3 is 1. The molecule has 0 aromatic heterocycles. The third-order valence-electron chi connectivity index (χ3n) is 7.90. The maximum atomic E-state index is 13.4. The highest BCUT2D eigenvalue weighted by Gasteiger charge is 2.45. The van der Waals surface area contributed by atoms with Gasteiger partial charge in [0.2, 0.25) is 5.91 Å². The number of aliphatic hydroxyl groups is 2. The molecule has 0 radical (unpaired) electrons. The molecular formula is C32H58N2O8. The first-order valence-corrected chi connectivity index (χ1v) is 15.5. The van der Waals surface area contributed by atoms with Gasteiger partial charge in [-0.3, -0.25) is 19.2 Å². The van der Waals surface area contributed by atoms with E-state index < -0.39 is 53.8 Å². The zero-order valence-corrected chi connectivity index (χ0v) is 27.6. The number of hydrogen-bond acceptors (Lipinski definition) is 8. The Bertz CT molecular complexity index is 890. The topological polar surface area (TPSA) is 151 Å². The van der Waals surface area contributed by atoms with Gasteiger partial charge in [-0.1, -0.05) is 68.7 Å². The van der Waals surface area contributed by atoms with Crippen LogP contribution >= 0.6 is 0 Å². The summed E-state index contributed by atoms with van der Waals surface area (Å²) in [4.78, 5) is 51.9. The number of nitrogens with one attached hydrogen (secondary N) is 2. The van der Waals surface area contributed by atoms with E-state index in [2.05, 4.69) is 31.4 Å². The Morgan fingerprint density at radius 3 is 2.10 bits per heavy atom. The first-order valence-electron chi connectivity index (χ1n) is 15.5. The van der Waals surface area contributed by atoms with Gasteiger partial charge in [-0.05, 0) is 37.0 Å². The molecule has 1 saturated heterocycles. The fourth-order valence-corrected chi connectivity index (χ4v) is 5.27. The molecule has 1 aliphatic rings. The molecule has 2 amide bonds. The van der Waals surface area contributed by atoms with Crippen molar-refractivity contribution in [3.63, 3.8) is 0 Å². The summed E-state index contributed by atoms with van der Waals surface area (Å²) in [6.07, 6.45) is -0.965. The highest BCUT2D eigenvalue weighted by molar-refractivity contribution is 5.94. The molecule has 0 aliphatic carbocycles. The number of carbonyl (C=O) groups is 4. The molecule has 42 heavy (non-hydrogen) atoms. The lowest BCUT2D eigenvalue weighted by atomic mass is 9.77. The SMILES string of the molecule is CO[C@@H]1O[C@H](C(=O)NCCCC[C@H](CC(=O)[C@@H](NC(=O)CCCC(C)(C)C)C(C)C)C(=O)C(C)(C)C)[C@@H](O)[C@H](O)[C@H]1C. The first kappa shape index (κ1) is 38.1. The van der Waals surface area contributed by atoms with Crippen LogP contribution in [0, 0.1) is 28.6 Å². The number of amides is 2. The molecule has 0 unspecified atom stereocenters. The molecule has 1 fully saturated rings. The lowest BCUT2D eigenvalue weighted by molar-refractivity contribution is -0.263. The lowest BCUT2D eigenvalue weighted by Gasteiger charge is -2.39. The Morgan fingerprint density at radius 2 is 1.57 bits per heavy atom. The van der Waals surface area contributed by atoms with Crippen molar-refractivity contribution in [3.8, 4) is 0 Å². The minimum Gasteiger partial charge on any atom is -0.390 e. The normalized spacial score (nSPS) is 24.6. The van der Waals surface area contributed by atoms with Crippen LogP contribution in [0.2, 0.25) is 0 Å². The second-order valence-corrected chi connectivity index (χ2v) is 14.5. The molecule has 0 saturated carbocycles. The second-order valence-electron chi connectivity index (χ2n) is 14.5. The van der Waals surface area contributed by atoms with Crippen molar-refractivity contribution in [1.29, 1.82) is 0 Å². The molecule has 10 nitrogen and oxygen atoms in total. The van der Waals surface area contributed by atoms with E-state index in [1.54, 1.807) is 6.92 Å². The van der Waals surface area contributed by atoms with E-state index in [1.165, 1.54) is 7.11 Å². The minimum absolute atomic E-state index is 0.00802. The van der Waals surface area contributed by atoms with Gasteiger partial charge in [0.25, 0.3) is 5.91 Å². The highest BCUT2D eigenvalue weighted by Crippen LogP contribution is 2.28. The Morgan fingerprint density at radius 1 is 0.952 bits per heavy atom. The smallest absolute Gasteiger partial charge is 0.252 e. The van der Waals surface area contributed by atoms with Crippen LogP contribution in [0.4, 0.5) is 0 Å². The molecule has 1 aliphatic heterocycles. The Balaban J connectivity index is 2.73. The summed E-state index contributed by atoms with van der Waals surface area (Å²) in [5, 5.41) is 26.2. The van der Waals surface area contributed by atoms with Crippen molar-refractivity contribution in [2.24, 2.45) is 28.6 Å². The maximum absolute atomic E-state index is 13.4. The van der Waals surface area contributed by atoms with Gasteiger partial charge in [0.1, 0.15) is 11.9 Å². The van der Waals surface area contributed by atoms with Crippen molar-refractivity contribution in [2.75, 3.05) is 13.7 Å². The molecule has 7 atom stereocenters. The van der Waals surface area contributed by atoms with Crippen molar-refractivity contribution >= 4 is 23.4 Å². The summed E-state index contributed by atoms with van der Waals surface area (Å²) < 4.78 is 10.7. The maximum Gasteiger partial charge on any atom is 0.252 e. The molecular weight excluding hydrogens is 540 g/mol. The quantitative estimate of drug-likeness (QED) is 0.197. The van der Waals surface area contributed by atoms with E-state index in [0.717, 1.165) is 12.8 Å². The number of carbonyl (C=O) groups excluding carboxylic acids is 4. The van der Waals surface area contributed by atoms with E-state index in [-0.39, 0.29) is 41.8 Å². The summed E-state index contributed by atoms with van der Waals surface area (Å²) >= 11 is 0. The zero-order valence-electron chi connectivity index (χ0n) is 27.6. The van der Waals surface area contributed by atoms with E-state index in [1.807, 2.05) is 34.6 Å². The number of aliphatic hydroxyl groups excluding tert-OH is 2.